The zero-order valence-electron chi connectivity index (χ0n) is 12.1. The minimum atomic E-state index is 0.627. The Bertz CT molecular complexity index is 760. The summed E-state index contributed by atoms with van der Waals surface area (Å²) in [7, 11) is 0. The van der Waals surface area contributed by atoms with Gasteiger partial charge in [-0.05, 0) is 47.0 Å². The molecule has 0 spiro atoms. The molecule has 8 heteroatoms. The standard InChI is InChI=1S/C14H16N8/c1-2-8-21(7-1)13-5-3-11(10-16-13)9-15-12-4-6-14-17-19-20-22(14)18-12/h3-6,10H,1-2,7-9H2,(H,15,18). The summed E-state index contributed by atoms with van der Waals surface area (Å²) in [6.07, 6.45) is 4.43. The first-order valence-electron chi connectivity index (χ1n) is 7.38. The maximum atomic E-state index is 4.54. The van der Waals surface area contributed by atoms with E-state index in [-0.39, 0.29) is 0 Å². The van der Waals surface area contributed by atoms with Crippen LogP contribution in [-0.2, 0) is 6.54 Å². The maximum Gasteiger partial charge on any atom is 0.200 e. The van der Waals surface area contributed by atoms with Crippen LogP contribution in [0.15, 0.2) is 30.5 Å². The largest absolute Gasteiger partial charge is 0.364 e. The van der Waals surface area contributed by atoms with Crippen LogP contribution in [0.2, 0.25) is 0 Å². The van der Waals surface area contributed by atoms with Crippen molar-refractivity contribution in [2.24, 2.45) is 0 Å². The summed E-state index contributed by atoms with van der Waals surface area (Å²) in [6, 6.07) is 7.87. The Hall–Kier alpha value is -2.77. The third-order valence-corrected chi connectivity index (χ3v) is 3.78. The highest BCUT2D eigenvalue weighted by molar-refractivity contribution is 5.43. The van der Waals surface area contributed by atoms with Crippen molar-refractivity contribution in [1.29, 1.82) is 0 Å². The lowest BCUT2D eigenvalue weighted by Crippen LogP contribution is -2.18. The highest BCUT2D eigenvalue weighted by Gasteiger charge is 2.12. The van der Waals surface area contributed by atoms with Crippen LogP contribution in [0, 0.1) is 0 Å². The Balaban J connectivity index is 1.42. The van der Waals surface area contributed by atoms with Gasteiger partial charge in [0.05, 0.1) is 0 Å². The summed E-state index contributed by atoms with van der Waals surface area (Å²) in [5.74, 6) is 1.79. The maximum absolute atomic E-state index is 4.54. The molecule has 0 aliphatic carbocycles. The number of anilines is 2. The van der Waals surface area contributed by atoms with Crippen LogP contribution in [0.4, 0.5) is 11.6 Å². The number of rotatable bonds is 4. The number of aromatic nitrogens is 6. The third-order valence-electron chi connectivity index (χ3n) is 3.78. The van der Waals surface area contributed by atoms with Gasteiger partial charge in [0.15, 0.2) is 5.65 Å². The van der Waals surface area contributed by atoms with Crippen molar-refractivity contribution < 1.29 is 0 Å². The van der Waals surface area contributed by atoms with E-state index in [2.05, 4.69) is 48.0 Å². The van der Waals surface area contributed by atoms with Crippen molar-refractivity contribution >= 4 is 17.3 Å². The molecule has 0 saturated carbocycles. The van der Waals surface area contributed by atoms with Crippen molar-refractivity contribution in [2.75, 3.05) is 23.3 Å². The molecule has 112 valence electrons. The second-order valence-corrected chi connectivity index (χ2v) is 5.32. The number of hydrogen-bond donors (Lipinski definition) is 1. The van der Waals surface area contributed by atoms with E-state index in [1.807, 2.05) is 18.3 Å². The average molecular weight is 296 g/mol. The van der Waals surface area contributed by atoms with Crippen LogP contribution >= 0.6 is 0 Å². The molecule has 0 amide bonds. The summed E-state index contributed by atoms with van der Waals surface area (Å²) in [6.45, 7) is 2.88. The van der Waals surface area contributed by atoms with E-state index in [1.165, 1.54) is 17.5 Å². The van der Waals surface area contributed by atoms with E-state index < -0.39 is 0 Å². The highest BCUT2D eigenvalue weighted by Crippen LogP contribution is 2.17. The van der Waals surface area contributed by atoms with Gasteiger partial charge in [-0.3, -0.25) is 0 Å². The molecule has 3 aromatic rings. The molecule has 8 nitrogen and oxygen atoms in total. The van der Waals surface area contributed by atoms with E-state index >= 15 is 0 Å². The molecule has 0 unspecified atom stereocenters. The van der Waals surface area contributed by atoms with E-state index in [0.29, 0.717) is 12.2 Å². The molecule has 0 radical (unpaired) electrons. The number of nitrogens with one attached hydrogen (secondary N) is 1. The Morgan fingerprint density at radius 1 is 1.09 bits per heavy atom. The predicted molar refractivity (Wildman–Crippen MR) is 81.6 cm³/mol. The topological polar surface area (TPSA) is 84.1 Å². The zero-order valence-corrected chi connectivity index (χ0v) is 12.1. The van der Waals surface area contributed by atoms with Crippen LogP contribution < -0.4 is 10.2 Å². The van der Waals surface area contributed by atoms with Gasteiger partial charge in [-0.1, -0.05) is 6.07 Å². The van der Waals surface area contributed by atoms with Crippen LogP contribution in [0.1, 0.15) is 18.4 Å². The third kappa shape index (κ3) is 2.54. The van der Waals surface area contributed by atoms with Gasteiger partial charge in [-0.25, -0.2) is 4.98 Å². The Labute approximate surface area is 127 Å². The molecule has 4 heterocycles. The predicted octanol–water partition coefficient (Wildman–Crippen LogP) is 1.13. The normalized spacial score (nSPS) is 14.6. The molecule has 1 saturated heterocycles. The van der Waals surface area contributed by atoms with Crippen LogP contribution in [0.25, 0.3) is 5.65 Å². The second-order valence-electron chi connectivity index (χ2n) is 5.32. The number of tetrazole rings is 1. The summed E-state index contributed by atoms with van der Waals surface area (Å²) in [4.78, 5) is 6.87. The lowest BCUT2D eigenvalue weighted by atomic mass is 10.2. The molecule has 0 atom stereocenters. The monoisotopic (exact) mass is 296 g/mol. The molecule has 4 rings (SSSR count). The molecule has 1 N–H and O–H groups in total. The Morgan fingerprint density at radius 2 is 2.00 bits per heavy atom. The number of fused-ring (bicyclic) bond motifs is 1. The Morgan fingerprint density at radius 3 is 2.82 bits per heavy atom. The van der Waals surface area contributed by atoms with E-state index in [9.17, 15) is 0 Å². The van der Waals surface area contributed by atoms with Crippen molar-refractivity contribution in [2.45, 2.75) is 19.4 Å². The van der Waals surface area contributed by atoms with Crippen molar-refractivity contribution in [3.05, 3.63) is 36.0 Å². The SMILES string of the molecule is c1cc(N2CCCC2)ncc1CNc1ccc2nnnn2n1. The molecule has 22 heavy (non-hydrogen) atoms. The minimum absolute atomic E-state index is 0.627. The first kappa shape index (κ1) is 12.9. The molecule has 0 bridgehead atoms. The zero-order chi connectivity index (χ0) is 14.8. The lowest BCUT2D eigenvalue weighted by molar-refractivity contribution is 0.734. The van der Waals surface area contributed by atoms with Gasteiger partial charge in [-0.2, -0.15) is 0 Å². The molecule has 1 fully saturated rings. The fourth-order valence-electron chi connectivity index (χ4n) is 2.59. The van der Waals surface area contributed by atoms with Crippen molar-refractivity contribution in [1.82, 2.24) is 30.2 Å². The summed E-state index contributed by atoms with van der Waals surface area (Å²) < 4.78 is 1.40. The van der Waals surface area contributed by atoms with E-state index in [0.717, 1.165) is 30.3 Å². The number of nitrogens with zero attached hydrogens (tertiary/aromatic N) is 7. The van der Waals surface area contributed by atoms with Crippen LogP contribution in [-0.4, -0.2) is 43.3 Å². The number of pyridine rings is 1. The second kappa shape index (κ2) is 5.55. The van der Waals surface area contributed by atoms with Gasteiger partial charge >= 0.3 is 0 Å². The van der Waals surface area contributed by atoms with Crippen LogP contribution in [0.3, 0.4) is 0 Å². The van der Waals surface area contributed by atoms with Gasteiger partial charge in [0.2, 0.25) is 0 Å². The summed E-state index contributed by atoms with van der Waals surface area (Å²) >= 11 is 0. The van der Waals surface area contributed by atoms with E-state index in [4.69, 9.17) is 0 Å². The summed E-state index contributed by atoms with van der Waals surface area (Å²) in [5, 5.41) is 18.7. The van der Waals surface area contributed by atoms with Crippen LogP contribution in [0.5, 0.6) is 0 Å². The first-order valence-corrected chi connectivity index (χ1v) is 7.38. The van der Waals surface area contributed by atoms with Gasteiger partial charge < -0.3 is 10.2 Å². The quantitative estimate of drug-likeness (QED) is 0.772. The fourth-order valence-corrected chi connectivity index (χ4v) is 2.59. The number of hydrogen-bond acceptors (Lipinski definition) is 7. The van der Waals surface area contributed by atoms with Crippen molar-refractivity contribution in [3.63, 3.8) is 0 Å². The molecule has 0 aromatic carbocycles. The van der Waals surface area contributed by atoms with Gasteiger partial charge in [-0.15, -0.1) is 14.8 Å². The molecular formula is C14H16N8. The first-order chi connectivity index (χ1) is 10.9. The molecule has 1 aliphatic rings. The smallest absolute Gasteiger partial charge is 0.200 e. The Kier molecular flexibility index (Phi) is 3.26. The molecule has 3 aromatic heterocycles. The van der Waals surface area contributed by atoms with Gasteiger partial charge in [0.1, 0.15) is 11.6 Å². The van der Waals surface area contributed by atoms with E-state index in [1.54, 1.807) is 0 Å². The average Bonchev–Trinajstić information content (AvgIpc) is 3.24. The molecular weight excluding hydrogens is 280 g/mol. The lowest BCUT2D eigenvalue weighted by Gasteiger charge is -2.16. The fraction of sp³-hybridized carbons (Fsp3) is 0.357. The van der Waals surface area contributed by atoms with Gasteiger partial charge in [0.25, 0.3) is 0 Å². The minimum Gasteiger partial charge on any atom is -0.364 e. The molecule has 1 aliphatic heterocycles. The summed E-state index contributed by atoms with van der Waals surface area (Å²) in [5.41, 5.74) is 1.74. The highest BCUT2D eigenvalue weighted by atomic mass is 15.6. The van der Waals surface area contributed by atoms with Crippen molar-refractivity contribution in [3.8, 4) is 0 Å². The van der Waals surface area contributed by atoms with Gasteiger partial charge in [0, 0.05) is 25.8 Å².